The highest BCUT2D eigenvalue weighted by atomic mass is 35.5. The summed E-state index contributed by atoms with van der Waals surface area (Å²) in [7, 11) is 3.74. The highest BCUT2D eigenvalue weighted by molar-refractivity contribution is 6.34. The van der Waals surface area contributed by atoms with Crippen molar-refractivity contribution in [2.75, 3.05) is 45.8 Å². The van der Waals surface area contributed by atoms with Gasteiger partial charge in [0.2, 0.25) is 0 Å². The van der Waals surface area contributed by atoms with Crippen LogP contribution >= 0.6 is 11.6 Å². The number of halogens is 1. The van der Waals surface area contributed by atoms with Crippen molar-refractivity contribution in [3.05, 3.63) is 35.5 Å². The Bertz CT molecular complexity index is 1110. The first-order chi connectivity index (χ1) is 16.4. The van der Waals surface area contributed by atoms with Gasteiger partial charge in [-0.25, -0.2) is 9.97 Å². The van der Waals surface area contributed by atoms with E-state index in [1.807, 2.05) is 31.2 Å². The number of hydrogen-bond acceptors (Lipinski definition) is 7. The van der Waals surface area contributed by atoms with Crippen LogP contribution in [0.2, 0.25) is 5.02 Å². The number of nitrogens with one attached hydrogen (secondary N) is 3. The molecule has 1 unspecified atom stereocenters. The normalized spacial score (nSPS) is 15.9. The van der Waals surface area contributed by atoms with Crippen LogP contribution in [-0.4, -0.2) is 78.3 Å². The summed E-state index contributed by atoms with van der Waals surface area (Å²) < 4.78 is 10.6. The lowest BCUT2D eigenvalue weighted by Gasteiger charge is -2.30. The van der Waals surface area contributed by atoms with Crippen molar-refractivity contribution >= 4 is 34.4 Å². The highest BCUT2D eigenvalue weighted by Crippen LogP contribution is 2.32. The fourth-order valence-electron chi connectivity index (χ4n) is 4.03. The number of piperidine rings is 1. The van der Waals surface area contributed by atoms with Crippen molar-refractivity contribution in [2.24, 2.45) is 0 Å². The maximum absolute atomic E-state index is 12.0. The van der Waals surface area contributed by atoms with E-state index in [1.54, 1.807) is 13.3 Å². The maximum Gasteiger partial charge on any atom is 0.258 e. The molecule has 2 aromatic heterocycles. The summed E-state index contributed by atoms with van der Waals surface area (Å²) in [5.41, 5.74) is 3.10. The van der Waals surface area contributed by atoms with E-state index < -0.39 is 0 Å². The summed E-state index contributed by atoms with van der Waals surface area (Å²) in [6, 6.07) is 7.69. The Balaban J connectivity index is 1.44. The summed E-state index contributed by atoms with van der Waals surface area (Å²) in [5, 5.41) is 6.96. The van der Waals surface area contributed by atoms with Crippen molar-refractivity contribution in [3.63, 3.8) is 0 Å². The molecule has 1 aliphatic heterocycles. The van der Waals surface area contributed by atoms with Gasteiger partial charge in [0.25, 0.3) is 5.91 Å². The van der Waals surface area contributed by atoms with Crippen LogP contribution in [0.4, 0.5) is 5.69 Å². The highest BCUT2D eigenvalue weighted by Gasteiger charge is 2.20. The quantitative estimate of drug-likeness (QED) is 0.426. The van der Waals surface area contributed by atoms with Crippen LogP contribution in [-0.2, 0) is 9.53 Å². The number of ether oxygens (including phenoxy) is 2. The molecule has 1 saturated heterocycles. The van der Waals surface area contributed by atoms with E-state index in [0.29, 0.717) is 34.9 Å². The van der Waals surface area contributed by atoms with E-state index in [1.165, 1.54) is 0 Å². The Morgan fingerprint density at radius 2 is 2.03 bits per heavy atom. The minimum Gasteiger partial charge on any atom is -0.484 e. The second-order valence-corrected chi connectivity index (χ2v) is 9.13. The molecule has 0 spiro atoms. The number of fused-ring (bicyclic) bond motifs is 1. The number of carbonyl (C=O) groups excluding carboxylic acids is 1. The number of hydrogen-bond donors (Lipinski definition) is 3. The van der Waals surface area contributed by atoms with Crippen LogP contribution in [0.3, 0.4) is 0 Å². The minimum absolute atomic E-state index is 0.0631. The molecule has 3 aromatic rings. The Kier molecular flexibility index (Phi) is 7.87. The summed E-state index contributed by atoms with van der Waals surface area (Å²) in [6.07, 6.45) is 3.76. The zero-order valence-corrected chi connectivity index (χ0v) is 20.5. The van der Waals surface area contributed by atoms with Gasteiger partial charge in [-0.05, 0) is 64.2 Å². The predicted octanol–water partition coefficient (Wildman–Crippen LogP) is 3.31. The smallest absolute Gasteiger partial charge is 0.258 e. The van der Waals surface area contributed by atoms with E-state index in [9.17, 15) is 4.79 Å². The Morgan fingerprint density at radius 1 is 1.29 bits per heavy atom. The van der Waals surface area contributed by atoms with Crippen molar-refractivity contribution in [1.29, 1.82) is 0 Å². The van der Waals surface area contributed by atoms with Gasteiger partial charge in [0, 0.05) is 24.8 Å². The molecule has 1 amide bonds. The number of imidazole rings is 1. The van der Waals surface area contributed by atoms with Crippen LogP contribution < -0.4 is 15.4 Å². The molecule has 1 aliphatic rings. The number of pyridine rings is 1. The van der Waals surface area contributed by atoms with E-state index in [2.05, 4.69) is 32.5 Å². The van der Waals surface area contributed by atoms with Crippen LogP contribution in [0.15, 0.2) is 30.5 Å². The topological polar surface area (TPSA) is 104 Å². The van der Waals surface area contributed by atoms with E-state index in [4.69, 9.17) is 26.1 Å². The zero-order valence-electron chi connectivity index (χ0n) is 19.7. The molecular formula is C24H31ClN6O3. The number of aromatic nitrogens is 3. The van der Waals surface area contributed by atoms with Crippen LogP contribution in [0.1, 0.15) is 19.8 Å². The molecule has 34 heavy (non-hydrogen) atoms. The van der Waals surface area contributed by atoms with Gasteiger partial charge in [-0.1, -0.05) is 11.6 Å². The van der Waals surface area contributed by atoms with Gasteiger partial charge in [0.1, 0.15) is 17.1 Å². The monoisotopic (exact) mass is 486 g/mol. The van der Waals surface area contributed by atoms with Gasteiger partial charge in [-0.15, -0.1) is 0 Å². The van der Waals surface area contributed by atoms with Crippen LogP contribution in [0, 0.1) is 0 Å². The number of aromatic amines is 1. The number of benzene rings is 1. The van der Waals surface area contributed by atoms with Crippen LogP contribution in [0.25, 0.3) is 22.6 Å². The summed E-state index contributed by atoms with van der Waals surface area (Å²) in [4.78, 5) is 26.8. The summed E-state index contributed by atoms with van der Waals surface area (Å²) in [6.45, 7) is 4.37. The molecule has 1 atom stereocenters. The molecule has 3 N–H and O–H groups in total. The molecule has 0 saturated carbocycles. The van der Waals surface area contributed by atoms with Crippen molar-refractivity contribution in [1.82, 2.24) is 25.2 Å². The lowest BCUT2D eigenvalue weighted by molar-refractivity contribution is -0.124. The number of likely N-dealkylation sites (tertiary alicyclic amines) is 1. The van der Waals surface area contributed by atoms with Crippen molar-refractivity contribution in [3.8, 4) is 17.1 Å². The number of nitrogens with zero attached hydrogens (tertiary/aromatic N) is 3. The summed E-state index contributed by atoms with van der Waals surface area (Å²) >= 11 is 6.49. The van der Waals surface area contributed by atoms with E-state index in [-0.39, 0.29) is 18.6 Å². The second-order valence-electron chi connectivity index (χ2n) is 8.72. The van der Waals surface area contributed by atoms with Crippen molar-refractivity contribution < 1.29 is 14.3 Å². The predicted molar refractivity (Wildman–Crippen MR) is 133 cm³/mol. The van der Waals surface area contributed by atoms with Crippen LogP contribution in [0.5, 0.6) is 5.75 Å². The Hall–Kier alpha value is -2.88. The zero-order chi connectivity index (χ0) is 24.1. The van der Waals surface area contributed by atoms with E-state index >= 15 is 0 Å². The third kappa shape index (κ3) is 5.97. The van der Waals surface area contributed by atoms with Gasteiger partial charge in [0.05, 0.1) is 23.5 Å². The SMILES string of the molecule is COCC(C)NC(=O)COc1ccc(-c2nc3c(NC4CCN(C)CC4)c(Cl)cnc3[nH]2)cc1. The number of amides is 1. The number of rotatable bonds is 9. The summed E-state index contributed by atoms with van der Waals surface area (Å²) in [5.74, 6) is 1.09. The molecule has 10 heteroatoms. The first-order valence-corrected chi connectivity index (χ1v) is 11.8. The lowest BCUT2D eigenvalue weighted by atomic mass is 10.1. The average Bonchev–Trinajstić information content (AvgIpc) is 3.26. The van der Waals surface area contributed by atoms with E-state index in [0.717, 1.165) is 42.7 Å². The molecule has 1 fully saturated rings. The van der Waals surface area contributed by atoms with Gasteiger partial charge in [-0.2, -0.15) is 0 Å². The molecule has 182 valence electrons. The Labute approximate surface area is 204 Å². The van der Waals surface area contributed by atoms with Gasteiger partial charge in [0.15, 0.2) is 12.3 Å². The molecule has 0 radical (unpaired) electrons. The molecule has 9 nitrogen and oxygen atoms in total. The first-order valence-electron chi connectivity index (χ1n) is 11.4. The number of methoxy groups -OCH3 is 1. The molecule has 0 bridgehead atoms. The lowest BCUT2D eigenvalue weighted by Crippen LogP contribution is -2.38. The molecule has 1 aromatic carbocycles. The number of anilines is 1. The molecule has 0 aliphatic carbocycles. The van der Waals surface area contributed by atoms with Crippen molar-refractivity contribution in [2.45, 2.75) is 31.8 Å². The minimum atomic E-state index is -0.196. The third-order valence-corrected chi connectivity index (χ3v) is 6.14. The van der Waals surface area contributed by atoms with Gasteiger partial charge >= 0.3 is 0 Å². The molecular weight excluding hydrogens is 456 g/mol. The Morgan fingerprint density at radius 3 is 2.74 bits per heavy atom. The average molecular weight is 487 g/mol. The van der Waals surface area contributed by atoms with Gasteiger partial charge in [-0.3, -0.25) is 4.79 Å². The maximum atomic E-state index is 12.0. The molecule has 4 rings (SSSR count). The van der Waals surface area contributed by atoms with Gasteiger partial charge < -0.3 is 30.0 Å². The fourth-order valence-corrected chi connectivity index (χ4v) is 4.22. The first kappa shape index (κ1) is 24.3. The number of carbonyl (C=O) groups is 1. The molecule has 3 heterocycles. The number of H-pyrrole nitrogens is 1. The second kappa shape index (κ2) is 11.0. The fraction of sp³-hybridized carbons (Fsp3) is 0.458. The largest absolute Gasteiger partial charge is 0.484 e. The third-order valence-electron chi connectivity index (χ3n) is 5.86. The standard InChI is InChI=1S/C24H31ClN6O3/c1-15(13-33-3)27-20(32)14-34-18-6-4-16(5-7-18)23-29-22-21(19(25)12-26-24(22)30-23)28-17-8-10-31(2)11-9-17/h4-7,12,15,17H,8-11,13-14H2,1-3H3,(H,27,32)(H2,26,28,29,30).